The molecule has 0 fully saturated rings. The number of carboxylic acid groups (broad SMARTS) is 1. The molecule has 1 unspecified atom stereocenters. The number of hydrogen-bond acceptors (Lipinski definition) is 3. The quantitative estimate of drug-likeness (QED) is 0.925. The molecule has 0 saturated heterocycles. The molecular weight excluding hydrogens is 282 g/mol. The Kier molecular flexibility index (Phi) is 3.48. The fraction of sp³-hybridized carbons (Fsp3) is 0.294. The number of aryl methyl sites for hydroxylation is 2. The predicted octanol–water partition coefficient (Wildman–Crippen LogP) is 2.55. The minimum Gasteiger partial charge on any atom is -0.480 e. The highest BCUT2D eigenvalue weighted by molar-refractivity contribution is 5.97. The van der Waals surface area contributed by atoms with E-state index in [1.165, 1.54) is 4.90 Å². The van der Waals surface area contributed by atoms with Gasteiger partial charge in [0.1, 0.15) is 17.6 Å². The van der Waals surface area contributed by atoms with E-state index >= 15 is 0 Å². The lowest BCUT2D eigenvalue weighted by molar-refractivity contribution is -0.142. The van der Waals surface area contributed by atoms with Crippen molar-refractivity contribution in [1.82, 2.24) is 4.90 Å². The smallest absolute Gasteiger partial charge is 0.326 e. The Morgan fingerprint density at radius 1 is 1.23 bits per heavy atom. The van der Waals surface area contributed by atoms with Crippen molar-refractivity contribution in [1.29, 1.82) is 0 Å². The number of furan rings is 1. The minimum absolute atomic E-state index is 0.295. The third-order valence-corrected chi connectivity index (χ3v) is 4.07. The van der Waals surface area contributed by atoms with Gasteiger partial charge in [-0.15, -0.1) is 0 Å². The summed E-state index contributed by atoms with van der Waals surface area (Å²) in [4.78, 5) is 25.8. The molecular formula is C17H17NO4. The molecule has 1 atom stereocenters. The van der Waals surface area contributed by atoms with Crippen LogP contribution in [0, 0.1) is 13.8 Å². The number of amides is 1. The molecule has 0 spiro atoms. The zero-order chi connectivity index (χ0) is 15.9. The minimum atomic E-state index is -0.985. The van der Waals surface area contributed by atoms with Gasteiger partial charge in [-0.1, -0.05) is 24.3 Å². The summed E-state index contributed by atoms with van der Waals surface area (Å²) < 4.78 is 5.40. The molecule has 5 heteroatoms. The lowest BCUT2D eigenvalue weighted by Gasteiger charge is -2.34. The Hall–Kier alpha value is -2.56. The van der Waals surface area contributed by atoms with Crippen LogP contribution in [0.3, 0.4) is 0 Å². The summed E-state index contributed by atoms with van der Waals surface area (Å²) >= 11 is 0. The van der Waals surface area contributed by atoms with Crippen molar-refractivity contribution in [2.75, 3.05) is 0 Å². The van der Waals surface area contributed by atoms with Crippen molar-refractivity contribution in [3.8, 4) is 0 Å². The molecule has 2 heterocycles. The second-order valence-corrected chi connectivity index (χ2v) is 5.59. The fourth-order valence-corrected chi connectivity index (χ4v) is 2.95. The van der Waals surface area contributed by atoms with Crippen molar-refractivity contribution in [3.05, 3.63) is 58.5 Å². The topological polar surface area (TPSA) is 70.8 Å². The molecule has 0 saturated carbocycles. The van der Waals surface area contributed by atoms with Gasteiger partial charge in [-0.2, -0.15) is 0 Å². The summed E-state index contributed by atoms with van der Waals surface area (Å²) in [7, 11) is 0. The van der Waals surface area contributed by atoms with Gasteiger partial charge < -0.3 is 14.4 Å². The molecule has 0 aliphatic carbocycles. The first-order chi connectivity index (χ1) is 10.5. The predicted molar refractivity (Wildman–Crippen MR) is 79.6 cm³/mol. The van der Waals surface area contributed by atoms with Crippen molar-refractivity contribution < 1.29 is 19.1 Å². The molecule has 1 aromatic carbocycles. The van der Waals surface area contributed by atoms with Crippen LogP contribution in [-0.4, -0.2) is 27.9 Å². The number of benzene rings is 1. The number of fused-ring (bicyclic) bond motifs is 1. The number of nitrogens with zero attached hydrogens (tertiary/aromatic N) is 1. The molecule has 1 aliphatic heterocycles. The summed E-state index contributed by atoms with van der Waals surface area (Å²) in [6, 6.07) is 8.45. The standard InChI is InChI=1S/C17H17NO4/c1-10-7-14(11(2)22-10)16(19)18-9-13-6-4-3-5-12(13)8-15(18)17(20)21/h3-7,15H,8-9H2,1-2H3,(H,20,21). The van der Waals surface area contributed by atoms with Gasteiger partial charge in [0.05, 0.1) is 5.56 Å². The molecule has 1 amide bonds. The Morgan fingerprint density at radius 3 is 2.50 bits per heavy atom. The summed E-state index contributed by atoms with van der Waals surface area (Å²) in [6.07, 6.45) is 0.327. The highest BCUT2D eigenvalue weighted by atomic mass is 16.4. The normalized spacial score (nSPS) is 17.2. The lowest BCUT2D eigenvalue weighted by Crippen LogP contribution is -2.48. The van der Waals surface area contributed by atoms with Gasteiger partial charge >= 0.3 is 5.97 Å². The van der Waals surface area contributed by atoms with E-state index in [1.54, 1.807) is 19.9 Å². The van der Waals surface area contributed by atoms with Crippen molar-refractivity contribution in [3.63, 3.8) is 0 Å². The first-order valence-electron chi connectivity index (χ1n) is 7.15. The molecule has 1 aliphatic rings. The van der Waals surface area contributed by atoms with Gasteiger partial charge in [-0.05, 0) is 31.0 Å². The van der Waals surface area contributed by atoms with E-state index in [4.69, 9.17) is 4.42 Å². The first-order valence-corrected chi connectivity index (χ1v) is 7.15. The van der Waals surface area contributed by atoms with Crippen LogP contribution >= 0.6 is 0 Å². The van der Waals surface area contributed by atoms with E-state index in [2.05, 4.69) is 0 Å². The Morgan fingerprint density at radius 2 is 1.91 bits per heavy atom. The summed E-state index contributed by atoms with van der Waals surface area (Å²) in [5, 5.41) is 9.49. The van der Waals surface area contributed by atoms with Gasteiger partial charge in [0, 0.05) is 13.0 Å². The van der Waals surface area contributed by atoms with Gasteiger partial charge in [0.25, 0.3) is 5.91 Å². The van der Waals surface area contributed by atoms with E-state index in [-0.39, 0.29) is 5.91 Å². The number of carbonyl (C=O) groups excluding carboxylic acids is 1. The summed E-state index contributed by atoms with van der Waals surface area (Å²) in [6.45, 7) is 3.79. The van der Waals surface area contributed by atoms with E-state index in [9.17, 15) is 14.7 Å². The average molecular weight is 299 g/mol. The van der Waals surface area contributed by atoms with Crippen LogP contribution in [0.2, 0.25) is 0 Å². The monoisotopic (exact) mass is 299 g/mol. The van der Waals surface area contributed by atoms with Crippen molar-refractivity contribution >= 4 is 11.9 Å². The Bertz CT molecular complexity index is 747. The molecule has 1 N–H and O–H groups in total. The van der Waals surface area contributed by atoms with E-state index in [1.807, 2.05) is 24.3 Å². The van der Waals surface area contributed by atoms with Gasteiger partial charge in [-0.25, -0.2) is 4.79 Å². The Labute approximate surface area is 128 Å². The van der Waals surface area contributed by atoms with Gasteiger partial charge in [0.2, 0.25) is 0 Å². The molecule has 114 valence electrons. The van der Waals surface area contributed by atoms with Gasteiger partial charge in [0.15, 0.2) is 0 Å². The van der Waals surface area contributed by atoms with Crippen LogP contribution < -0.4 is 0 Å². The van der Waals surface area contributed by atoms with Crippen molar-refractivity contribution in [2.45, 2.75) is 32.9 Å². The lowest BCUT2D eigenvalue weighted by atomic mass is 9.93. The summed E-state index contributed by atoms with van der Waals surface area (Å²) in [5.74, 6) is -0.118. The van der Waals surface area contributed by atoms with Crippen LogP contribution in [0.5, 0.6) is 0 Å². The average Bonchev–Trinajstić information content (AvgIpc) is 2.83. The SMILES string of the molecule is Cc1cc(C(=O)N2Cc3ccccc3CC2C(=O)O)c(C)o1. The molecule has 2 aromatic rings. The zero-order valence-corrected chi connectivity index (χ0v) is 12.5. The number of rotatable bonds is 2. The first kappa shape index (κ1) is 14.4. The number of carbonyl (C=O) groups is 2. The van der Waals surface area contributed by atoms with Crippen LogP contribution in [0.1, 0.15) is 33.0 Å². The molecule has 0 bridgehead atoms. The summed E-state index contributed by atoms with van der Waals surface area (Å²) in [5.41, 5.74) is 2.41. The molecule has 3 rings (SSSR count). The second kappa shape index (κ2) is 5.33. The maximum absolute atomic E-state index is 12.8. The third kappa shape index (κ3) is 2.39. The van der Waals surface area contributed by atoms with Crippen molar-refractivity contribution in [2.24, 2.45) is 0 Å². The van der Waals surface area contributed by atoms with Crippen LogP contribution in [-0.2, 0) is 17.8 Å². The van der Waals surface area contributed by atoms with E-state index in [0.29, 0.717) is 30.0 Å². The Balaban J connectivity index is 1.99. The molecule has 1 aromatic heterocycles. The van der Waals surface area contributed by atoms with Crippen LogP contribution in [0.4, 0.5) is 0 Å². The van der Waals surface area contributed by atoms with Crippen LogP contribution in [0.15, 0.2) is 34.7 Å². The zero-order valence-electron chi connectivity index (χ0n) is 12.5. The highest BCUT2D eigenvalue weighted by Gasteiger charge is 2.35. The molecule has 0 radical (unpaired) electrons. The number of carboxylic acids is 1. The largest absolute Gasteiger partial charge is 0.480 e. The number of hydrogen-bond donors (Lipinski definition) is 1. The van der Waals surface area contributed by atoms with E-state index < -0.39 is 12.0 Å². The second-order valence-electron chi connectivity index (χ2n) is 5.59. The van der Waals surface area contributed by atoms with Crippen LogP contribution in [0.25, 0.3) is 0 Å². The number of aliphatic carboxylic acids is 1. The maximum atomic E-state index is 12.8. The highest BCUT2D eigenvalue weighted by Crippen LogP contribution is 2.26. The third-order valence-electron chi connectivity index (χ3n) is 4.07. The van der Waals surface area contributed by atoms with E-state index in [0.717, 1.165) is 11.1 Å². The maximum Gasteiger partial charge on any atom is 0.326 e. The molecule has 22 heavy (non-hydrogen) atoms. The van der Waals surface area contributed by atoms with Gasteiger partial charge in [-0.3, -0.25) is 4.79 Å². The fourth-order valence-electron chi connectivity index (χ4n) is 2.95. The molecule has 5 nitrogen and oxygen atoms in total.